The van der Waals surface area contributed by atoms with Gasteiger partial charge in [-0.05, 0) is 25.1 Å². The Hall–Kier alpha value is -3.14. The number of rotatable bonds is 7. The van der Waals surface area contributed by atoms with E-state index in [0.29, 0.717) is 12.1 Å². The first kappa shape index (κ1) is 22.2. The van der Waals surface area contributed by atoms with Crippen LogP contribution in [0.3, 0.4) is 0 Å². The quantitative estimate of drug-likeness (QED) is 0.541. The molecule has 0 heterocycles. The summed E-state index contributed by atoms with van der Waals surface area (Å²) in [5.41, 5.74) is -0.120. The van der Waals surface area contributed by atoms with E-state index in [1.165, 1.54) is 37.4 Å². The van der Waals surface area contributed by atoms with Crippen LogP contribution in [-0.4, -0.2) is 31.0 Å². The van der Waals surface area contributed by atoms with Crippen molar-refractivity contribution < 1.29 is 32.5 Å². The van der Waals surface area contributed by atoms with Gasteiger partial charge in [0, 0.05) is 17.7 Å². The van der Waals surface area contributed by atoms with Crippen LogP contribution in [0, 0.1) is 10.1 Å². The van der Waals surface area contributed by atoms with Gasteiger partial charge in [-0.3, -0.25) is 14.9 Å². The van der Waals surface area contributed by atoms with Crippen molar-refractivity contribution in [1.82, 2.24) is 0 Å². The number of anilines is 1. The molecule has 0 radical (unpaired) electrons. The molecule has 2 atom stereocenters. The number of nitro benzene ring substituents is 1. The molecule has 0 aliphatic heterocycles. The lowest BCUT2D eigenvalue weighted by atomic mass is 10.1. The van der Waals surface area contributed by atoms with E-state index in [-0.39, 0.29) is 17.1 Å². The van der Waals surface area contributed by atoms with Crippen LogP contribution in [0.25, 0.3) is 0 Å². The van der Waals surface area contributed by atoms with E-state index < -0.39 is 28.6 Å². The number of hydrogen-bond acceptors (Lipinski definition) is 4. The van der Waals surface area contributed by atoms with Crippen molar-refractivity contribution in [3.8, 4) is 5.75 Å². The fourth-order valence-corrected chi connectivity index (χ4v) is 2.66. The van der Waals surface area contributed by atoms with Gasteiger partial charge in [-0.1, -0.05) is 12.1 Å². The molecule has 29 heavy (non-hydrogen) atoms. The van der Waals surface area contributed by atoms with Crippen LogP contribution in [0.15, 0.2) is 42.5 Å². The Morgan fingerprint density at radius 3 is 2.38 bits per heavy atom. The number of likely N-dealkylation sites (N-methyl/N-ethyl adjacent to an activating group) is 1. The van der Waals surface area contributed by atoms with Gasteiger partial charge in [-0.15, -0.1) is 0 Å². The Balaban J connectivity index is 2.08. The third-order valence-electron chi connectivity index (χ3n) is 4.55. The van der Waals surface area contributed by atoms with E-state index in [1.54, 1.807) is 14.0 Å². The summed E-state index contributed by atoms with van der Waals surface area (Å²) in [6, 6.07) is 8.02. The molecule has 1 amide bonds. The molecule has 0 aromatic heterocycles. The fraction of sp³-hybridized carbons (Fsp3) is 0.316. The topological polar surface area (TPSA) is 85.9 Å². The molecule has 2 aromatic carbocycles. The van der Waals surface area contributed by atoms with Gasteiger partial charge in [0.05, 0.1) is 30.3 Å². The van der Waals surface area contributed by atoms with E-state index in [9.17, 15) is 28.1 Å². The molecule has 0 aliphatic carbocycles. The highest BCUT2D eigenvalue weighted by Gasteiger charge is 2.30. The predicted octanol–water partition coefficient (Wildman–Crippen LogP) is 2.66. The molecule has 7 nitrogen and oxygen atoms in total. The molecule has 0 fully saturated rings. The maximum Gasteiger partial charge on any atom is 0.416 e. The number of carbonyl (C=O) groups excluding carboxylic acids is 1. The van der Waals surface area contributed by atoms with Crippen molar-refractivity contribution in [1.29, 1.82) is 0 Å². The number of methoxy groups -OCH3 is 1. The Labute approximate surface area is 165 Å². The van der Waals surface area contributed by atoms with Crippen molar-refractivity contribution in [2.75, 3.05) is 19.5 Å². The van der Waals surface area contributed by atoms with Gasteiger partial charge in [0.15, 0.2) is 6.04 Å². The van der Waals surface area contributed by atoms with Gasteiger partial charge in [-0.25, -0.2) is 0 Å². The van der Waals surface area contributed by atoms with Crippen molar-refractivity contribution in [2.24, 2.45) is 0 Å². The zero-order chi connectivity index (χ0) is 21.8. The monoisotopic (exact) mass is 412 g/mol. The lowest BCUT2D eigenvalue weighted by molar-refractivity contribution is -0.907. The number of carbonyl (C=O) groups is 1. The number of nitrogens with one attached hydrogen (secondary N) is 2. The Morgan fingerprint density at radius 2 is 1.86 bits per heavy atom. The second-order valence-electron chi connectivity index (χ2n) is 6.57. The molecular formula is C19H21F3N3O4+. The first-order valence-electron chi connectivity index (χ1n) is 8.64. The van der Waals surface area contributed by atoms with E-state index in [2.05, 4.69) is 5.32 Å². The molecular weight excluding hydrogens is 391 g/mol. The number of hydrogen-bond donors (Lipinski definition) is 2. The van der Waals surface area contributed by atoms with Gasteiger partial charge in [0.2, 0.25) is 0 Å². The highest BCUT2D eigenvalue weighted by molar-refractivity contribution is 5.95. The molecule has 0 saturated carbocycles. The molecule has 156 valence electrons. The number of ether oxygens (including phenoxy) is 1. The number of amides is 1. The third kappa shape index (κ3) is 5.67. The summed E-state index contributed by atoms with van der Waals surface area (Å²) in [7, 11) is 3.11. The van der Waals surface area contributed by atoms with E-state index in [0.717, 1.165) is 17.0 Å². The minimum Gasteiger partial charge on any atom is -0.495 e. The molecule has 2 rings (SSSR count). The minimum atomic E-state index is -4.40. The number of benzene rings is 2. The highest BCUT2D eigenvalue weighted by Crippen LogP contribution is 2.29. The summed E-state index contributed by atoms with van der Waals surface area (Å²) in [6.07, 6.45) is -4.40. The zero-order valence-corrected chi connectivity index (χ0v) is 16.0. The maximum atomic E-state index is 12.7. The third-order valence-corrected chi connectivity index (χ3v) is 4.55. The van der Waals surface area contributed by atoms with Crippen LogP contribution in [-0.2, 0) is 17.5 Å². The van der Waals surface area contributed by atoms with E-state index in [1.807, 2.05) is 0 Å². The second kappa shape index (κ2) is 8.91. The number of halogens is 3. The molecule has 0 bridgehead atoms. The van der Waals surface area contributed by atoms with Crippen LogP contribution >= 0.6 is 0 Å². The maximum absolute atomic E-state index is 12.7. The Bertz CT molecular complexity index is 885. The summed E-state index contributed by atoms with van der Waals surface area (Å²) in [5.74, 6) is -0.134. The predicted molar refractivity (Wildman–Crippen MR) is 99.8 cm³/mol. The Morgan fingerprint density at radius 1 is 1.24 bits per heavy atom. The zero-order valence-electron chi connectivity index (χ0n) is 16.0. The van der Waals surface area contributed by atoms with Gasteiger partial charge in [0.1, 0.15) is 12.3 Å². The smallest absolute Gasteiger partial charge is 0.416 e. The Kier molecular flexibility index (Phi) is 6.80. The molecule has 2 N–H and O–H groups in total. The van der Waals surface area contributed by atoms with Crippen LogP contribution in [0.1, 0.15) is 18.1 Å². The molecule has 0 saturated heterocycles. The molecule has 0 aliphatic rings. The normalized spacial score (nSPS) is 13.4. The van der Waals surface area contributed by atoms with Crippen LogP contribution < -0.4 is 15.0 Å². The highest BCUT2D eigenvalue weighted by atomic mass is 19.4. The van der Waals surface area contributed by atoms with E-state index in [4.69, 9.17) is 4.74 Å². The first-order valence-corrected chi connectivity index (χ1v) is 8.64. The summed E-state index contributed by atoms with van der Waals surface area (Å²) in [4.78, 5) is 23.7. The van der Waals surface area contributed by atoms with Crippen molar-refractivity contribution in [3.63, 3.8) is 0 Å². The average molecular weight is 412 g/mol. The lowest BCUT2D eigenvalue weighted by Gasteiger charge is -2.21. The van der Waals surface area contributed by atoms with Crippen LogP contribution in [0.5, 0.6) is 5.75 Å². The molecule has 1 unspecified atom stereocenters. The number of alkyl halides is 3. The van der Waals surface area contributed by atoms with Crippen molar-refractivity contribution in [3.05, 3.63) is 63.7 Å². The number of nitro groups is 1. The van der Waals surface area contributed by atoms with Gasteiger partial charge in [0.25, 0.3) is 11.6 Å². The lowest BCUT2D eigenvalue weighted by Crippen LogP contribution is -3.12. The molecule has 2 aromatic rings. The van der Waals surface area contributed by atoms with Crippen molar-refractivity contribution >= 4 is 17.3 Å². The van der Waals surface area contributed by atoms with Crippen molar-refractivity contribution in [2.45, 2.75) is 25.7 Å². The SMILES string of the molecule is COc1ccc([N+](=O)[O-])cc1NC(=O)[C@@H](C)[NH+](C)Cc1ccc(C(F)(F)F)cc1. The first-order chi connectivity index (χ1) is 13.5. The second-order valence-corrected chi connectivity index (χ2v) is 6.57. The largest absolute Gasteiger partial charge is 0.495 e. The van der Waals surface area contributed by atoms with Crippen LogP contribution in [0.2, 0.25) is 0 Å². The van der Waals surface area contributed by atoms with E-state index >= 15 is 0 Å². The average Bonchev–Trinajstić information content (AvgIpc) is 2.66. The number of quaternary nitrogens is 1. The minimum absolute atomic E-state index is 0.167. The summed E-state index contributed by atoms with van der Waals surface area (Å²) in [6.45, 7) is 1.97. The summed E-state index contributed by atoms with van der Waals surface area (Å²) < 4.78 is 43.1. The fourth-order valence-electron chi connectivity index (χ4n) is 2.66. The number of non-ortho nitro benzene ring substituents is 1. The van der Waals surface area contributed by atoms with Crippen LogP contribution in [0.4, 0.5) is 24.5 Å². The molecule has 10 heteroatoms. The van der Waals surface area contributed by atoms with Gasteiger partial charge >= 0.3 is 6.18 Å². The van der Waals surface area contributed by atoms with Gasteiger partial charge in [-0.2, -0.15) is 13.2 Å². The van der Waals surface area contributed by atoms with Gasteiger partial charge < -0.3 is 15.0 Å². The number of nitrogens with zero attached hydrogens (tertiary/aromatic N) is 1. The summed E-state index contributed by atoms with van der Waals surface area (Å²) in [5, 5.41) is 13.6. The molecule has 0 spiro atoms. The summed E-state index contributed by atoms with van der Waals surface area (Å²) >= 11 is 0. The standard InChI is InChI=1S/C19H20F3N3O4/c1-12(24(2)11-13-4-6-14(7-5-13)19(20,21)22)18(26)23-16-10-15(25(27)28)8-9-17(16)29-3/h4-10,12H,11H2,1-3H3,(H,23,26)/p+1/t12-/m1/s1.